The molecule has 0 fully saturated rings. The average molecular weight is 422 g/mol. The van der Waals surface area contributed by atoms with Crippen LogP contribution in [-0.4, -0.2) is 7.05 Å². The maximum atomic E-state index is 13.9. The molecule has 1 nitrogen and oxygen atoms in total. The fourth-order valence-electron chi connectivity index (χ4n) is 2.07. The highest BCUT2D eigenvalue weighted by Crippen LogP contribution is 2.30. The highest BCUT2D eigenvalue weighted by Gasteiger charge is 2.16. The van der Waals surface area contributed by atoms with Gasteiger partial charge in [-0.3, -0.25) is 0 Å². The van der Waals surface area contributed by atoms with Crippen LogP contribution in [0, 0.1) is 5.82 Å². The van der Waals surface area contributed by atoms with Crippen molar-refractivity contribution >= 4 is 43.5 Å². The summed E-state index contributed by atoms with van der Waals surface area (Å²) < 4.78 is 15.7. The van der Waals surface area contributed by atoms with Crippen LogP contribution >= 0.6 is 43.5 Å². The lowest BCUT2D eigenvalue weighted by Crippen LogP contribution is -2.20. The first kappa shape index (κ1) is 16.0. The van der Waals surface area contributed by atoms with Gasteiger partial charge in [-0.1, -0.05) is 43.5 Å². The molecule has 20 heavy (non-hydrogen) atoms. The third-order valence-corrected chi connectivity index (χ3v) is 4.56. The Morgan fingerprint density at radius 3 is 2.65 bits per heavy atom. The van der Waals surface area contributed by atoms with E-state index in [0.717, 1.165) is 14.5 Å². The smallest absolute Gasteiger partial charge is 0.126 e. The summed E-state index contributed by atoms with van der Waals surface area (Å²) in [5.74, 6) is -0.202. The van der Waals surface area contributed by atoms with E-state index in [4.69, 9.17) is 11.6 Å². The second-order valence-electron chi connectivity index (χ2n) is 4.45. The van der Waals surface area contributed by atoms with Crippen molar-refractivity contribution in [2.75, 3.05) is 7.05 Å². The van der Waals surface area contributed by atoms with E-state index in [1.54, 1.807) is 12.1 Å². The van der Waals surface area contributed by atoms with Gasteiger partial charge in [-0.05, 0) is 61.0 Å². The normalized spacial score (nSPS) is 12.4. The van der Waals surface area contributed by atoms with E-state index >= 15 is 0 Å². The maximum Gasteiger partial charge on any atom is 0.126 e. The molecule has 0 spiro atoms. The van der Waals surface area contributed by atoms with Crippen LogP contribution in [0.1, 0.15) is 17.2 Å². The molecule has 0 aromatic heterocycles. The van der Waals surface area contributed by atoms with Crippen LogP contribution in [0.15, 0.2) is 45.3 Å². The zero-order valence-corrected chi connectivity index (χ0v) is 14.7. The lowest BCUT2D eigenvalue weighted by Gasteiger charge is -2.19. The summed E-state index contributed by atoms with van der Waals surface area (Å²) in [6.07, 6.45) is 0.542. The quantitative estimate of drug-likeness (QED) is 0.687. The molecule has 0 saturated carbocycles. The second-order valence-corrected chi connectivity index (χ2v) is 6.65. The average Bonchev–Trinajstić information content (AvgIpc) is 2.42. The van der Waals surface area contributed by atoms with Gasteiger partial charge >= 0.3 is 0 Å². The number of halogens is 4. The molecule has 0 bridgehead atoms. The Morgan fingerprint density at radius 2 is 1.95 bits per heavy atom. The number of rotatable bonds is 4. The summed E-state index contributed by atoms with van der Waals surface area (Å²) in [5.41, 5.74) is 1.67. The summed E-state index contributed by atoms with van der Waals surface area (Å²) in [4.78, 5) is 0. The topological polar surface area (TPSA) is 12.0 Å². The van der Waals surface area contributed by atoms with E-state index in [1.807, 2.05) is 25.2 Å². The van der Waals surface area contributed by atoms with Gasteiger partial charge in [0.2, 0.25) is 0 Å². The summed E-state index contributed by atoms with van der Waals surface area (Å²) in [6.45, 7) is 0. The van der Waals surface area contributed by atoms with Crippen molar-refractivity contribution in [3.05, 3.63) is 67.3 Å². The number of hydrogen-bond acceptors (Lipinski definition) is 1. The molecule has 1 unspecified atom stereocenters. The minimum absolute atomic E-state index is 0.0214. The first-order valence-corrected chi connectivity index (χ1v) is 8.04. The molecule has 2 rings (SSSR count). The molecule has 0 saturated heterocycles. The fourth-order valence-corrected chi connectivity index (χ4v) is 3.18. The minimum Gasteiger partial charge on any atom is -0.313 e. The first-order valence-electron chi connectivity index (χ1n) is 6.07. The van der Waals surface area contributed by atoms with Crippen molar-refractivity contribution < 1.29 is 4.39 Å². The monoisotopic (exact) mass is 419 g/mol. The Morgan fingerprint density at radius 1 is 1.20 bits per heavy atom. The van der Waals surface area contributed by atoms with E-state index in [2.05, 4.69) is 37.2 Å². The number of hydrogen-bond donors (Lipinski definition) is 1. The van der Waals surface area contributed by atoms with Gasteiger partial charge in [0, 0.05) is 20.0 Å². The lowest BCUT2D eigenvalue weighted by molar-refractivity contribution is 0.553. The molecule has 0 heterocycles. The lowest BCUT2D eigenvalue weighted by atomic mass is 9.98. The molecule has 2 aromatic rings. The maximum absolute atomic E-state index is 13.9. The number of benzene rings is 2. The standard InChI is InChI=1S/C15H13Br2ClFN/c1-20-15(12-8-11(18)3-4-13(12)17)7-9-6-10(16)2-5-14(9)19/h2-6,8,15,20H,7H2,1H3. The molecule has 0 aliphatic carbocycles. The van der Waals surface area contributed by atoms with Crippen LogP contribution in [0.3, 0.4) is 0 Å². The Bertz CT molecular complexity index is 619. The van der Waals surface area contributed by atoms with Crippen LogP contribution in [0.5, 0.6) is 0 Å². The van der Waals surface area contributed by atoms with Crippen molar-refractivity contribution in [2.24, 2.45) is 0 Å². The SMILES string of the molecule is CNC(Cc1cc(Br)ccc1F)c1cc(Cl)ccc1Br. The molecule has 0 amide bonds. The van der Waals surface area contributed by atoms with Gasteiger partial charge < -0.3 is 5.32 Å². The molecule has 0 radical (unpaired) electrons. The Hall–Kier alpha value is -0.420. The molecular formula is C15H13Br2ClFN. The predicted octanol–water partition coefficient (Wildman–Crippen LogP) is 5.51. The summed E-state index contributed by atoms with van der Waals surface area (Å²) in [7, 11) is 1.86. The van der Waals surface area contributed by atoms with Gasteiger partial charge in [0.15, 0.2) is 0 Å². The third kappa shape index (κ3) is 3.82. The van der Waals surface area contributed by atoms with Crippen LogP contribution < -0.4 is 5.32 Å². The van der Waals surface area contributed by atoms with E-state index in [9.17, 15) is 4.39 Å². The van der Waals surface area contributed by atoms with Crippen molar-refractivity contribution in [3.8, 4) is 0 Å². The summed E-state index contributed by atoms with van der Waals surface area (Å²) >= 11 is 12.9. The second kappa shape index (κ2) is 7.03. The fraction of sp³-hybridized carbons (Fsp3) is 0.200. The Kier molecular flexibility index (Phi) is 5.61. The number of nitrogens with one attached hydrogen (secondary N) is 1. The van der Waals surface area contributed by atoms with Crippen molar-refractivity contribution in [1.82, 2.24) is 5.32 Å². The number of likely N-dealkylation sites (N-methyl/N-ethyl adjacent to an activating group) is 1. The van der Waals surface area contributed by atoms with Gasteiger partial charge in [0.25, 0.3) is 0 Å². The van der Waals surface area contributed by atoms with Crippen molar-refractivity contribution in [3.63, 3.8) is 0 Å². The first-order chi connectivity index (χ1) is 9.51. The van der Waals surface area contributed by atoms with E-state index in [0.29, 0.717) is 17.0 Å². The van der Waals surface area contributed by atoms with E-state index < -0.39 is 0 Å². The zero-order valence-electron chi connectivity index (χ0n) is 10.8. The van der Waals surface area contributed by atoms with Gasteiger partial charge in [-0.25, -0.2) is 4.39 Å². The molecular weight excluding hydrogens is 408 g/mol. The molecule has 106 valence electrons. The zero-order chi connectivity index (χ0) is 14.7. The van der Waals surface area contributed by atoms with Gasteiger partial charge in [-0.15, -0.1) is 0 Å². The minimum atomic E-state index is -0.202. The van der Waals surface area contributed by atoms with E-state index in [1.165, 1.54) is 6.07 Å². The molecule has 5 heteroatoms. The summed E-state index contributed by atoms with van der Waals surface area (Å²) in [5, 5.41) is 3.88. The van der Waals surface area contributed by atoms with Gasteiger partial charge in [-0.2, -0.15) is 0 Å². The molecule has 1 atom stereocenters. The third-order valence-electron chi connectivity index (χ3n) is 3.11. The Labute approximate surface area is 139 Å². The van der Waals surface area contributed by atoms with Crippen LogP contribution in [0.2, 0.25) is 5.02 Å². The van der Waals surface area contributed by atoms with Gasteiger partial charge in [0.1, 0.15) is 5.82 Å². The predicted molar refractivity (Wildman–Crippen MR) is 88.8 cm³/mol. The molecule has 0 aliphatic heterocycles. The van der Waals surface area contributed by atoms with Crippen LogP contribution in [0.4, 0.5) is 4.39 Å². The molecule has 1 N–H and O–H groups in total. The van der Waals surface area contributed by atoms with Crippen LogP contribution in [0.25, 0.3) is 0 Å². The van der Waals surface area contributed by atoms with Crippen molar-refractivity contribution in [1.29, 1.82) is 0 Å². The van der Waals surface area contributed by atoms with E-state index in [-0.39, 0.29) is 11.9 Å². The molecule has 0 aliphatic rings. The van der Waals surface area contributed by atoms with Crippen LogP contribution in [-0.2, 0) is 6.42 Å². The molecule has 2 aromatic carbocycles. The van der Waals surface area contributed by atoms with Gasteiger partial charge in [0.05, 0.1) is 0 Å². The highest BCUT2D eigenvalue weighted by atomic mass is 79.9. The summed E-state index contributed by atoms with van der Waals surface area (Å²) in [6, 6.07) is 10.6. The highest BCUT2D eigenvalue weighted by molar-refractivity contribution is 9.10. The largest absolute Gasteiger partial charge is 0.313 e. The Balaban J connectivity index is 2.33. The van der Waals surface area contributed by atoms with Crippen molar-refractivity contribution in [2.45, 2.75) is 12.5 Å².